The molecule has 1 rings (SSSR count). The molecule has 6 nitrogen and oxygen atoms in total. The Labute approximate surface area is 98.6 Å². The number of hydrazone groups is 1. The Morgan fingerprint density at radius 3 is 2.71 bits per heavy atom. The number of nitrogens with zero attached hydrogens (tertiary/aromatic N) is 1. The average molecular weight is 237 g/mol. The van der Waals surface area contributed by atoms with Crippen LogP contribution in [0.25, 0.3) is 0 Å². The predicted octanol–water partition coefficient (Wildman–Crippen LogP) is -0.493. The van der Waals surface area contributed by atoms with Crippen molar-refractivity contribution in [3.8, 4) is 11.5 Å². The summed E-state index contributed by atoms with van der Waals surface area (Å²) in [6, 6.07) is 4.96. The first-order chi connectivity index (χ1) is 8.08. The first kappa shape index (κ1) is 12.8. The van der Waals surface area contributed by atoms with Crippen molar-refractivity contribution >= 4 is 11.7 Å². The Morgan fingerprint density at radius 2 is 2.18 bits per heavy atom. The lowest BCUT2D eigenvalue weighted by Crippen LogP contribution is -2.29. The smallest absolute Gasteiger partial charge is 0.161 e. The normalized spacial score (nSPS) is 11.1. The number of methoxy groups -OCH3 is 1. The van der Waals surface area contributed by atoms with Crippen LogP contribution in [0.4, 0.5) is 0 Å². The number of carbonyl (C=O) groups excluding carboxylic acids is 1. The molecule has 0 unspecified atom stereocenters. The van der Waals surface area contributed by atoms with Crippen LogP contribution >= 0.6 is 0 Å². The van der Waals surface area contributed by atoms with Crippen molar-refractivity contribution in [2.75, 3.05) is 13.7 Å². The maximum Gasteiger partial charge on any atom is 0.161 e. The number of ether oxygens (including phenoxy) is 2. The predicted molar refractivity (Wildman–Crippen MR) is 59.9 cm³/mol. The zero-order valence-electron chi connectivity index (χ0n) is 9.60. The van der Waals surface area contributed by atoms with Crippen molar-refractivity contribution in [2.24, 2.45) is 10.9 Å². The maximum atomic E-state index is 10.3. The highest BCUT2D eigenvalue weighted by molar-refractivity contribution is 5.99. The molecule has 0 aliphatic rings. The Kier molecular flexibility index (Phi) is 4.33. The molecular weight excluding hydrogens is 224 g/mol. The number of nitrogens with two attached hydrogens (primary N) is 1. The summed E-state index contributed by atoms with van der Waals surface area (Å²) in [7, 11) is 1.46. The monoisotopic (exact) mass is 237 g/mol. The second-order valence-electron chi connectivity index (χ2n) is 3.24. The van der Waals surface area contributed by atoms with Crippen molar-refractivity contribution in [3.63, 3.8) is 0 Å². The first-order valence-electron chi connectivity index (χ1n) is 4.84. The molecule has 1 aromatic rings. The summed E-state index contributed by atoms with van der Waals surface area (Å²) in [6.07, 6.45) is 0. The molecule has 0 aliphatic carbocycles. The van der Waals surface area contributed by atoms with Crippen LogP contribution in [0.3, 0.4) is 0 Å². The van der Waals surface area contributed by atoms with E-state index in [0.29, 0.717) is 17.2 Å². The molecule has 1 aromatic carbocycles. The Hall–Kier alpha value is -2.24. The number of carboxylic acids is 1. The standard InChI is InChI=1S/C11H14N2O4/c1-7(13-12)8-3-4-9(10(5-8)16-2)17-6-11(14)15/h3-5H,6,12H2,1-2H3,(H,14,15)/p-1/b13-7-. The van der Waals surface area contributed by atoms with Crippen LogP contribution in [0.1, 0.15) is 12.5 Å². The van der Waals surface area contributed by atoms with Crippen LogP contribution < -0.4 is 20.4 Å². The summed E-state index contributed by atoms with van der Waals surface area (Å²) in [5.74, 6) is 4.60. The molecular formula is C11H13N2O4-. The molecule has 6 heteroatoms. The quantitative estimate of drug-likeness (QED) is 0.423. The van der Waals surface area contributed by atoms with E-state index in [1.165, 1.54) is 7.11 Å². The minimum atomic E-state index is -1.30. The van der Waals surface area contributed by atoms with E-state index in [4.69, 9.17) is 15.3 Å². The van der Waals surface area contributed by atoms with Crippen LogP contribution in [0.5, 0.6) is 11.5 Å². The number of benzene rings is 1. The summed E-state index contributed by atoms with van der Waals surface area (Å²) in [5.41, 5.74) is 1.40. The van der Waals surface area contributed by atoms with Gasteiger partial charge in [-0.15, -0.1) is 0 Å². The van der Waals surface area contributed by atoms with Gasteiger partial charge in [0.15, 0.2) is 11.5 Å². The van der Waals surface area contributed by atoms with E-state index in [0.717, 1.165) is 5.56 Å². The number of carboxylic acid groups (broad SMARTS) is 1. The summed E-state index contributed by atoms with van der Waals surface area (Å²) in [6.45, 7) is 1.22. The molecule has 2 N–H and O–H groups in total. The fourth-order valence-electron chi connectivity index (χ4n) is 1.22. The molecule has 0 radical (unpaired) electrons. The SMILES string of the molecule is COc1cc(/C(C)=N\N)ccc1OCC(=O)[O-]. The number of carbonyl (C=O) groups is 1. The second-order valence-corrected chi connectivity index (χ2v) is 3.24. The number of hydrogen-bond acceptors (Lipinski definition) is 6. The largest absolute Gasteiger partial charge is 0.546 e. The molecule has 0 saturated heterocycles. The van der Waals surface area contributed by atoms with Gasteiger partial charge in [0.1, 0.15) is 6.61 Å². The third-order valence-electron chi connectivity index (χ3n) is 2.12. The first-order valence-corrected chi connectivity index (χ1v) is 4.84. The van der Waals surface area contributed by atoms with Gasteiger partial charge in [-0.05, 0) is 25.1 Å². The molecule has 0 saturated carbocycles. The highest BCUT2D eigenvalue weighted by atomic mass is 16.5. The lowest BCUT2D eigenvalue weighted by molar-refractivity contribution is -0.307. The van der Waals surface area contributed by atoms with Crippen LogP contribution in [-0.2, 0) is 4.79 Å². The van der Waals surface area contributed by atoms with Crippen molar-refractivity contribution in [1.29, 1.82) is 0 Å². The third kappa shape index (κ3) is 3.37. The van der Waals surface area contributed by atoms with Gasteiger partial charge in [-0.25, -0.2) is 0 Å². The van der Waals surface area contributed by atoms with Gasteiger partial charge in [-0.3, -0.25) is 0 Å². The highest BCUT2D eigenvalue weighted by Gasteiger charge is 2.07. The van der Waals surface area contributed by atoms with E-state index >= 15 is 0 Å². The molecule has 0 atom stereocenters. The van der Waals surface area contributed by atoms with E-state index < -0.39 is 12.6 Å². The van der Waals surface area contributed by atoms with Crippen molar-refractivity contribution in [3.05, 3.63) is 23.8 Å². The maximum absolute atomic E-state index is 10.3. The summed E-state index contributed by atoms with van der Waals surface area (Å²) >= 11 is 0. The minimum absolute atomic E-state index is 0.324. The van der Waals surface area contributed by atoms with Gasteiger partial charge in [-0.1, -0.05) is 0 Å². The molecule has 17 heavy (non-hydrogen) atoms. The van der Waals surface area contributed by atoms with E-state index in [2.05, 4.69) is 5.10 Å². The van der Waals surface area contributed by atoms with Gasteiger partial charge in [-0.2, -0.15) is 5.10 Å². The second kappa shape index (κ2) is 5.74. The molecule has 0 amide bonds. The number of aliphatic carboxylic acids is 1. The van der Waals surface area contributed by atoms with Crippen LogP contribution in [0.15, 0.2) is 23.3 Å². The van der Waals surface area contributed by atoms with E-state index in [1.54, 1.807) is 25.1 Å². The highest BCUT2D eigenvalue weighted by Crippen LogP contribution is 2.28. The number of rotatable bonds is 5. The van der Waals surface area contributed by atoms with Gasteiger partial charge in [0.2, 0.25) is 0 Å². The fraction of sp³-hybridized carbons (Fsp3) is 0.273. The summed E-state index contributed by atoms with van der Waals surface area (Å²) < 4.78 is 10.1. The van der Waals surface area contributed by atoms with E-state index in [1.807, 2.05) is 0 Å². The van der Waals surface area contributed by atoms with Crippen molar-refractivity contribution in [2.45, 2.75) is 6.92 Å². The van der Waals surface area contributed by atoms with Crippen LogP contribution in [0, 0.1) is 0 Å². The van der Waals surface area contributed by atoms with Gasteiger partial charge < -0.3 is 25.2 Å². The van der Waals surface area contributed by atoms with Gasteiger partial charge in [0.05, 0.1) is 18.8 Å². The third-order valence-corrected chi connectivity index (χ3v) is 2.12. The van der Waals surface area contributed by atoms with Crippen LogP contribution in [-0.4, -0.2) is 25.4 Å². The van der Waals surface area contributed by atoms with Crippen LogP contribution in [0.2, 0.25) is 0 Å². The Bertz CT molecular complexity index is 443. The molecule has 92 valence electrons. The van der Waals surface area contributed by atoms with E-state index in [9.17, 15) is 9.90 Å². The molecule has 0 spiro atoms. The Morgan fingerprint density at radius 1 is 1.47 bits per heavy atom. The summed E-state index contributed by atoms with van der Waals surface area (Å²) in [5, 5.41) is 13.8. The van der Waals surface area contributed by atoms with Gasteiger partial charge in [0, 0.05) is 5.56 Å². The molecule has 0 aromatic heterocycles. The zero-order chi connectivity index (χ0) is 12.8. The molecule has 0 aliphatic heterocycles. The lowest BCUT2D eigenvalue weighted by atomic mass is 10.1. The number of hydrogen-bond donors (Lipinski definition) is 1. The lowest BCUT2D eigenvalue weighted by Gasteiger charge is -2.12. The molecule has 0 heterocycles. The Balaban J connectivity index is 2.97. The molecule has 0 fully saturated rings. The average Bonchev–Trinajstić information content (AvgIpc) is 2.34. The van der Waals surface area contributed by atoms with Gasteiger partial charge >= 0.3 is 0 Å². The minimum Gasteiger partial charge on any atom is -0.546 e. The topological polar surface area (TPSA) is 97.0 Å². The van der Waals surface area contributed by atoms with Crippen molar-refractivity contribution < 1.29 is 19.4 Å². The molecule has 0 bridgehead atoms. The fourth-order valence-corrected chi connectivity index (χ4v) is 1.22. The summed E-state index contributed by atoms with van der Waals surface area (Å²) in [4.78, 5) is 10.3. The zero-order valence-corrected chi connectivity index (χ0v) is 9.60. The van der Waals surface area contributed by atoms with Gasteiger partial charge in [0.25, 0.3) is 0 Å². The van der Waals surface area contributed by atoms with E-state index in [-0.39, 0.29) is 0 Å². The van der Waals surface area contributed by atoms with Crippen molar-refractivity contribution in [1.82, 2.24) is 0 Å².